The summed E-state index contributed by atoms with van der Waals surface area (Å²) in [6.45, 7) is 8.92. The minimum atomic E-state index is -0.644. The van der Waals surface area contributed by atoms with Crippen LogP contribution in [0, 0.1) is 0 Å². The van der Waals surface area contributed by atoms with E-state index in [4.69, 9.17) is 9.47 Å². The molecule has 1 aliphatic rings. The highest BCUT2D eigenvalue weighted by atomic mass is 16.5. The van der Waals surface area contributed by atoms with Crippen LogP contribution in [0.2, 0.25) is 0 Å². The lowest BCUT2D eigenvalue weighted by atomic mass is 9.95. The Morgan fingerprint density at radius 3 is 2.38 bits per heavy atom. The maximum absolute atomic E-state index is 12.7. The monoisotopic (exact) mass is 436 g/mol. The lowest BCUT2D eigenvalue weighted by Crippen LogP contribution is -2.44. The van der Waals surface area contributed by atoms with Gasteiger partial charge in [-0.05, 0) is 45.4 Å². The van der Waals surface area contributed by atoms with Crippen molar-refractivity contribution in [3.63, 3.8) is 0 Å². The number of ether oxygens (including phenoxy) is 2. The van der Waals surface area contributed by atoms with E-state index in [9.17, 15) is 9.59 Å². The highest BCUT2D eigenvalue weighted by Gasteiger charge is 2.27. The molecule has 4 rings (SSSR count). The van der Waals surface area contributed by atoms with E-state index in [1.807, 2.05) is 27.8 Å². The third-order valence-electron chi connectivity index (χ3n) is 5.78. The fourth-order valence-electron chi connectivity index (χ4n) is 4.03. The van der Waals surface area contributed by atoms with E-state index in [-0.39, 0.29) is 23.1 Å². The van der Waals surface area contributed by atoms with Crippen molar-refractivity contribution in [1.82, 2.24) is 14.5 Å². The van der Waals surface area contributed by atoms with Crippen molar-refractivity contribution >= 4 is 5.97 Å². The summed E-state index contributed by atoms with van der Waals surface area (Å²) >= 11 is 0. The van der Waals surface area contributed by atoms with Crippen molar-refractivity contribution in [2.45, 2.75) is 46.3 Å². The number of nitrogens with zero attached hydrogens (tertiary/aromatic N) is 4. The van der Waals surface area contributed by atoms with Gasteiger partial charge in [0.05, 0.1) is 32.7 Å². The zero-order chi connectivity index (χ0) is 23.2. The molecule has 0 radical (unpaired) electrons. The third-order valence-corrected chi connectivity index (χ3v) is 5.78. The number of esters is 1. The zero-order valence-corrected chi connectivity index (χ0v) is 19.2. The van der Waals surface area contributed by atoms with Crippen LogP contribution in [0.25, 0.3) is 22.4 Å². The number of pyridine rings is 1. The largest absolute Gasteiger partial charge is 0.496 e. The molecule has 8 nitrogen and oxygen atoms in total. The van der Waals surface area contributed by atoms with Gasteiger partial charge < -0.3 is 14.5 Å². The maximum atomic E-state index is 12.7. The summed E-state index contributed by atoms with van der Waals surface area (Å²) in [5, 5.41) is 6.57. The molecule has 1 aliphatic heterocycles. The summed E-state index contributed by atoms with van der Waals surface area (Å²) in [7, 11) is 2.91. The molecular formula is C24H28N4O4. The topological polar surface area (TPSA) is 78.6 Å². The van der Waals surface area contributed by atoms with Crippen LogP contribution in [0.4, 0.5) is 0 Å². The first-order chi connectivity index (χ1) is 15.2. The van der Waals surface area contributed by atoms with Crippen LogP contribution >= 0.6 is 0 Å². The van der Waals surface area contributed by atoms with Crippen LogP contribution < -0.4 is 15.2 Å². The number of carbonyl (C=O) groups excluding carboxylic acids is 1. The van der Waals surface area contributed by atoms with E-state index in [1.54, 1.807) is 13.3 Å². The Balaban J connectivity index is 1.92. The highest BCUT2D eigenvalue weighted by Crippen LogP contribution is 2.39. The van der Waals surface area contributed by atoms with Crippen molar-refractivity contribution in [1.29, 1.82) is 0 Å². The molecule has 0 atom stereocenters. The van der Waals surface area contributed by atoms with Crippen LogP contribution in [0.1, 0.15) is 49.7 Å². The lowest BCUT2D eigenvalue weighted by Gasteiger charge is -2.38. The average molecular weight is 437 g/mol. The minimum Gasteiger partial charge on any atom is -0.496 e. The number of fused-ring (bicyclic) bond motifs is 3. The SMILES string of the molecule is COC(=O)c1cn2c(cc1=O)-c1cc(OC)c(-c3cnn(C(C)C)c3)cc1CN2C(C)C. The Kier molecular flexibility index (Phi) is 5.54. The number of aromatic nitrogens is 3. The van der Waals surface area contributed by atoms with Gasteiger partial charge in [-0.25, -0.2) is 4.79 Å². The van der Waals surface area contributed by atoms with E-state index in [1.165, 1.54) is 13.2 Å². The molecule has 0 N–H and O–H groups in total. The molecule has 0 saturated carbocycles. The summed E-state index contributed by atoms with van der Waals surface area (Å²) in [5.74, 6) is 0.0518. The molecule has 1 aromatic carbocycles. The van der Waals surface area contributed by atoms with E-state index >= 15 is 0 Å². The molecular weight excluding hydrogens is 408 g/mol. The number of hydrogen-bond acceptors (Lipinski definition) is 6. The fourth-order valence-corrected chi connectivity index (χ4v) is 4.03. The first-order valence-corrected chi connectivity index (χ1v) is 10.6. The third kappa shape index (κ3) is 3.55. The van der Waals surface area contributed by atoms with Gasteiger partial charge in [0.15, 0.2) is 5.43 Å². The Bertz CT molecular complexity index is 1240. The van der Waals surface area contributed by atoms with Gasteiger partial charge in [-0.15, -0.1) is 0 Å². The van der Waals surface area contributed by atoms with Gasteiger partial charge in [0, 0.05) is 47.2 Å². The highest BCUT2D eigenvalue weighted by molar-refractivity contribution is 5.89. The Labute approximate surface area is 187 Å². The van der Waals surface area contributed by atoms with E-state index in [2.05, 4.69) is 43.9 Å². The molecule has 0 fully saturated rings. The molecule has 0 spiro atoms. The average Bonchev–Trinajstić information content (AvgIpc) is 3.27. The number of hydrogen-bond donors (Lipinski definition) is 0. The van der Waals surface area contributed by atoms with Crippen LogP contribution in [0.15, 0.2) is 41.6 Å². The smallest absolute Gasteiger partial charge is 0.343 e. The molecule has 0 amide bonds. The summed E-state index contributed by atoms with van der Waals surface area (Å²) in [4.78, 5) is 24.8. The number of carbonyl (C=O) groups is 1. The summed E-state index contributed by atoms with van der Waals surface area (Å²) in [5.41, 5.74) is 4.22. The second kappa shape index (κ2) is 8.18. The first kappa shape index (κ1) is 21.7. The van der Waals surface area contributed by atoms with E-state index in [0.29, 0.717) is 18.0 Å². The molecule has 3 heterocycles. The molecule has 0 bridgehead atoms. The van der Waals surface area contributed by atoms with Crippen molar-refractivity contribution in [2.24, 2.45) is 0 Å². The molecule has 8 heteroatoms. The Morgan fingerprint density at radius 2 is 1.78 bits per heavy atom. The Morgan fingerprint density at radius 1 is 1.03 bits per heavy atom. The lowest BCUT2D eigenvalue weighted by molar-refractivity contribution is 0.0598. The summed E-state index contributed by atoms with van der Waals surface area (Å²) in [6, 6.07) is 5.94. The molecule has 168 valence electrons. The summed E-state index contributed by atoms with van der Waals surface area (Å²) in [6.07, 6.45) is 5.42. The van der Waals surface area contributed by atoms with Gasteiger partial charge >= 0.3 is 5.97 Å². The predicted molar refractivity (Wildman–Crippen MR) is 123 cm³/mol. The first-order valence-electron chi connectivity index (χ1n) is 10.6. The van der Waals surface area contributed by atoms with Gasteiger partial charge in [-0.1, -0.05) is 0 Å². The van der Waals surface area contributed by atoms with Gasteiger partial charge in [-0.2, -0.15) is 5.10 Å². The van der Waals surface area contributed by atoms with Gasteiger partial charge in [0.1, 0.15) is 11.3 Å². The molecule has 32 heavy (non-hydrogen) atoms. The second-order valence-electron chi connectivity index (χ2n) is 8.48. The maximum Gasteiger partial charge on any atom is 0.343 e. The normalized spacial score (nSPS) is 12.7. The van der Waals surface area contributed by atoms with Crippen molar-refractivity contribution < 1.29 is 14.3 Å². The van der Waals surface area contributed by atoms with Crippen molar-refractivity contribution in [2.75, 3.05) is 19.2 Å². The predicted octanol–water partition coefficient (Wildman–Crippen LogP) is 3.61. The standard InChI is InChI=1S/C24H28N4O4/c1-14(2)26-11-17(10-25-26)19-7-16-12-27(15(3)4)28-13-20(24(30)32-6)22(29)9-21(28)18(16)8-23(19)31-5/h7-11,13-15H,12H2,1-6H3. The Hall–Kier alpha value is -3.55. The van der Waals surface area contributed by atoms with Crippen molar-refractivity contribution in [3.05, 3.63) is 58.1 Å². The molecule has 0 saturated heterocycles. The number of rotatable bonds is 5. The van der Waals surface area contributed by atoms with E-state index in [0.717, 1.165) is 22.3 Å². The molecule has 0 aliphatic carbocycles. The van der Waals surface area contributed by atoms with Gasteiger partial charge in [0.25, 0.3) is 0 Å². The van der Waals surface area contributed by atoms with Crippen LogP contribution in [0.5, 0.6) is 5.75 Å². The van der Waals surface area contributed by atoms with Gasteiger partial charge in [0.2, 0.25) is 0 Å². The van der Waals surface area contributed by atoms with Crippen LogP contribution in [-0.2, 0) is 11.3 Å². The van der Waals surface area contributed by atoms with Crippen LogP contribution in [-0.4, -0.2) is 40.7 Å². The fraction of sp³-hybridized carbons (Fsp3) is 0.375. The van der Waals surface area contributed by atoms with Crippen LogP contribution in [0.3, 0.4) is 0 Å². The zero-order valence-electron chi connectivity index (χ0n) is 19.2. The molecule has 2 aromatic heterocycles. The summed E-state index contributed by atoms with van der Waals surface area (Å²) < 4.78 is 14.3. The molecule has 0 unspecified atom stereocenters. The van der Waals surface area contributed by atoms with Crippen molar-refractivity contribution in [3.8, 4) is 28.1 Å². The van der Waals surface area contributed by atoms with E-state index < -0.39 is 5.97 Å². The number of benzene rings is 1. The van der Waals surface area contributed by atoms with Gasteiger partial charge in [-0.3, -0.25) is 14.2 Å². The second-order valence-corrected chi connectivity index (χ2v) is 8.48. The minimum absolute atomic E-state index is 0.00929. The number of methoxy groups -OCH3 is 2. The quantitative estimate of drug-likeness (QED) is 0.569. The molecule has 3 aromatic rings.